The van der Waals surface area contributed by atoms with Gasteiger partial charge in [0.1, 0.15) is 18.1 Å². The third-order valence-corrected chi connectivity index (χ3v) is 8.17. The summed E-state index contributed by atoms with van der Waals surface area (Å²) >= 11 is 0. The number of ketones is 1. The van der Waals surface area contributed by atoms with Gasteiger partial charge in [-0.25, -0.2) is 0 Å². The first-order valence-electron chi connectivity index (χ1n) is 11.4. The van der Waals surface area contributed by atoms with Gasteiger partial charge in [-0.15, -0.1) is 0 Å². The zero-order valence-electron chi connectivity index (χ0n) is 18.0. The summed E-state index contributed by atoms with van der Waals surface area (Å²) < 4.78 is 6.03. The number of nitrogens with zero attached hydrogens (tertiary/aromatic N) is 1. The summed E-state index contributed by atoms with van der Waals surface area (Å²) in [7, 11) is 0. The lowest BCUT2D eigenvalue weighted by Crippen LogP contribution is -2.45. The lowest BCUT2D eigenvalue weighted by atomic mass is 9.54. The third kappa shape index (κ3) is 3.54. The monoisotopic (exact) mass is 419 g/mol. The number of Topliss-reactive ketones (excluding diaryl/α,β-unsaturated/α-hetero) is 1. The van der Waals surface area contributed by atoms with E-state index in [9.17, 15) is 14.9 Å². The number of rotatable bonds is 5. The second kappa shape index (κ2) is 7.77. The molecule has 5 nitrogen and oxygen atoms in total. The highest BCUT2D eigenvalue weighted by molar-refractivity contribution is 5.87. The van der Waals surface area contributed by atoms with Crippen molar-refractivity contribution < 1.29 is 14.5 Å². The molecule has 3 aliphatic carbocycles. The number of fused-ring (bicyclic) bond motifs is 5. The van der Waals surface area contributed by atoms with Crippen molar-refractivity contribution in [1.82, 2.24) is 0 Å². The van der Waals surface area contributed by atoms with Crippen molar-refractivity contribution in [1.29, 1.82) is 0 Å². The van der Waals surface area contributed by atoms with Crippen LogP contribution >= 0.6 is 0 Å². The van der Waals surface area contributed by atoms with Gasteiger partial charge >= 0.3 is 0 Å². The number of ether oxygens (including phenoxy) is 1. The standard InChI is InChI=1S/C26H29NO4/c1-26-12-11-22-21-10-8-20(31-16-17-5-3-2-4-6-17)13-18(21)7-9-23(22)25(26)19(14-24(26)28)15-27(29)30/h2-6,8,10,13,19,22-23,25H,7,9,11-12,14-16H2,1H3/t19?,22-,23-,25+,26-/m1/s1. The van der Waals surface area contributed by atoms with Crippen LogP contribution in [-0.2, 0) is 17.8 Å². The molecule has 5 rings (SSSR count). The van der Waals surface area contributed by atoms with Gasteiger partial charge in [0, 0.05) is 22.7 Å². The van der Waals surface area contributed by atoms with Gasteiger partial charge in [-0.05, 0) is 72.3 Å². The summed E-state index contributed by atoms with van der Waals surface area (Å²) in [5.41, 5.74) is 3.47. The molecule has 0 radical (unpaired) electrons. The molecule has 1 unspecified atom stereocenters. The van der Waals surface area contributed by atoms with Crippen LogP contribution in [0, 0.1) is 33.3 Å². The van der Waals surface area contributed by atoms with Crippen molar-refractivity contribution in [3.8, 4) is 5.75 Å². The fourth-order valence-electron chi connectivity index (χ4n) is 6.80. The Labute approximate surface area is 183 Å². The van der Waals surface area contributed by atoms with Crippen LogP contribution in [0.3, 0.4) is 0 Å². The quantitative estimate of drug-likeness (QED) is 0.494. The normalized spacial score (nSPS) is 31.5. The number of carbonyl (C=O) groups is 1. The van der Waals surface area contributed by atoms with Gasteiger partial charge in [-0.1, -0.05) is 43.3 Å². The van der Waals surface area contributed by atoms with Crippen molar-refractivity contribution >= 4 is 5.78 Å². The molecule has 0 heterocycles. The fraction of sp³-hybridized carbons (Fsp3) is 0.500. The Morgan fingerprint density at radius 1 is 1.16 bits per heavy atom. The topological polar surface area (TPSA) is 69.4 Å². The van der Waals surface area contributed by atoms with Crippen molar-refractivity contribution in [3.05, 3.63) is 75.3 Å². The summed E-state index contributed by atoms with van der Waals surface area (Å²) in [5, 5.41) is 11.3. The summed E-state index contributed by atoms with van der Waals surface area (Å²) in [6, 6.07) is 16.6. The van der Waals surface area contributed by atoms with Crippen LogP contribution < -0.4 is 4.74 Å². The molecule has 0 N–H and O–H groups in total. The zero-order valence-corrected chi connectivity index (χ0v) is 18.0. The van der Waals surface area contributed by atoms with Gasteiger partial charge in [-0.2, -0.15) is 0 Å². The van der Waals surface area contributed by atoms with Crippen LogP contribution in [-0.4, -0.2) is 17.3 Å². The Balaban J connectivity index is 1.37. The molecule has 0 amide bonds. The third-order valence-electron chi connectivity index (χ3n) is 8.17. The molecule has 0 aliphatic heterocycles. The van der Waals surface area contributed by atoms with Crippen molar-refractivity contribution in [2.24, 2.45) is 23.2 Å². The van der Waals surface area contributed by atoms with Gasteiger partial charge in [0.05, 0.1) is 0 Å². The number of aryl methyl sites for hydroxylation is 1. The number of benzene rings is 2. The maximum atomic E-state index is 12.8. The van der Waals surface area contributed by atoms with Gasteiger partial charge in [-0.3, -0.25) is 14.9 Å². The molecule has 5 heteroatoms. The molecular formula is C26H29NO4. The average Bonchev–Trinajstić information content (AvgIpc) is 3.01. The molecule has 2 saturated carbocycles. The molecular weight excluding hydrogens is 390 g/mol. The first kappa shape index (κ1) is 20.2. The van der Waals surface area contributed by atoms with Crippen LogP contribution in [0.5, 0.6) is 5.75 Å². The van der Waals surface area contributed by atoms with Crippen LogP contribution in [0.2, 0.25) is 0 Å². The smallest absolute Gasteiger partial charge is 0.207 e. The minimum Gasteiger partial charge on any atom is -0.489 e. The number of nitro groups is 1. The second-order valence-electron chi connectivity index (χ2n) is 9.83. The Morgan fingerprint density at radius 2 is 1.97 bits per heavy atom. The van der Waals surface area contributed by atoms with Gasteiger partial charge in [0.15, 0.2) is 0 Å². The Kier molecular flexibility index (Phi) is 5.07. The molecule has 2 aromatic carbocycles. The Morgan fingerprint density at radius 3 is 2.74 bits per heavy atom. The maximum absolute atomic E-state index is 12.8. The molecule has 0 bridgehead atoms. The highest BCUT2D eigenvalue weighted by Gasteiger charge is 2.59. The lowest BCUT2D eigenvalue weighted by Gasteiger charge is -2.49. The van der Waals surface area contributed by atoms with E-state index in [0.29, 0.717) is 24.9 Å². The van der Waals surface area contributed by atoms with Crippen LogP contribution in [0.25, 0.3) is 0 Å². The molecule has 0 saturated heterocycles. The molecule has 0 spiro atoms. The van der Waals surface area contributed by atoms with E-state index < -0.39 is 0 Å². The van der Waals surface area contributed by atoms with Crippen molar-refractivity contribution in [2.75, 3.05) is 6.54 Å². The van der Waals surface area contributed by atoms with E-state index in [1.54, 1.807) is 0 Å². The van der Waals surface area contributed by atoms with Gasteiger partial charge in [0.25, 0.3) is 0 Å². The molecule has 162 valence electrons. The molecule has 0 aromatic heterocycles. The minimum absolute atomic E-state index is 0.0751. The largest absolute Gasteiger partial charge is 0.489 e. The summed E-state index contributed by atoms with van der Waals surface area (Å²) in [6.07, 6.45) is 4.17. The number of carbonyl (C=O) groups excluding carboxylic acids is 1. The highest BCUT2D eigenvalue weighted by Crippen LogP contribution is 2.61. The zero-order chi connectivity index (χ0) is 21.6. The van der Waals surface area contributed by atoms with E-state index in [1.165, 1.54) is 11.1 Å². The Hall–Kier alpha value is -2.69. The fourth-order valence-corrected chi connectivity index (χ4v) is 6.80. The number of hydrogen-bond acceptors (Lipinski definition) is 4. The highest BCUT2D eigenvalue weighted by atomic mass is 16.6. The van der Waals surface area contributed by atoms with Crippen LogP contribution in [0.1, 0.15) is 55.2 Å². The molecule has 2 fully saturated rings. The van der Waals surface area contributed by atoms with E-state index in [0.717, 1.165) is 37.0 Å². The van der Waals surface area contributed by atoms with Crippen molar-refractivity contribution in [2.45, 2.75) is 51.6 Å². The first-order valence-corrected chi connectivity index (χ1v) is 11.4. The Bertz CT molecular complexity index is 1000. The predicted octanol–water partition coefficient (Wildman–Crippen LogP) is 5.19. The van der Waals surface area contributed by atoms with Crippen LogP contribution in [0.4, 0.5) is 0 Å². The first-order chi connectivity index (χ1) is 15.0. The van der Waals surface area contributed by atoms with Crippen molar-refractivity contribution in [3.63, 3.8) is 0 Å². The molecule has 3 aliphatic rings. The maximum Gasteiger partial charge on any atom is 0.207 e. The van der Waals surface area contributed by atoms with E-state index in [-0.39, 0.29) is 34.5 Å². The summed E-state index contributed by atoms with van der Waals surface area (Å²) in [5.74, 6) is 1.91. The predicted molar refractivity (Wildman–Crippen MR) is 118 cm³/mol. The van der Waals surface area contributed by atoms with E-state index in [1.807, 2.05) is 18.2 Å². The summed E-state index contributed by atoms with van der Waals surface area (Å²) in [6.45, 7) is 2.55. The van der Waals surface area contributed by atoms with Gasteiger partial charge < -0.3 is 4.74 Å². The SMILES string of the molecule is C[C@]12CC[C@@H]3c4ccc(OCc5ccccc5)cc4CC[C@H]3[C@@H]1C(C[N+](=O)[O-])CC2=O. The lowest BCUT2D eigenvalue weighted by molar-refractivity contribution is -0.490. The average molecular weight is 420 g/mol. The number of hydrogen-bond donors (Lipinski definition) is 0. The van der Waals surface area contributed by atoms with E-state index in [4.69, 9.17) is 4.74 Å². The van der Waals surface area contributed by atoms with Gasteiger partial charge in [0.2, 0.25) is 6.54 Å². The molecule has 2 aromatic rings. The van der Waals surface area contributed by atoms with E-state index in [2.05, 4.69) is 37.3 Å². The molecule has 31 heavy (non-hydrogen) atoms. The summed E-state index contributed by atoms with van der Waals surface area (Å²) in [4.78, 5) is 23.9. The minimum atomic E-state index is -0.377. The second-order valence-corrected chi connectivity index (χ2v) is 9.83. The molecule has 5 atom stereocenters. The van der Waals surface area contributed by atoms with E-state index >= 15 is 0 Å². The van der Waals surface area contributed by atoms with Crippen LogP contribution in [0.15, 0.2) is 48.5 Å².